The average Bonchev–Trinajstić information content (AvgIpc) is 2.85. The third kappa shape index (κ3) is 8.16. The smallest absolute Gasteiger partial charge is 0.261 e. The quantitative estimate of drug-likeness (QED) is 0.301. The lowest BCUT2D eigenvalue weighted by Gasteiger charge is -2.32. The Bertz CT molecular complexity index is 1150. The Labute approximate surface area is 227 Å². The van der Waals surface area contributed by atoms with Crippen LogP contribution in [0.15, 0.2) is 72.8 Å². The van der Waals surface area contributed by atoms with Gasteiger partial charge in [-0.15, -0.1) is 0 Å². The van der Waals surface area contributed by atoms with E-state index in [1.165, 1.54) is 4.90 Å². The molecule has 190 valence electrons. The number of halogens is 3. The van der Waals surface area contributed by atoms with Crippen LogP contribution in [0.4, 0.5) is 0 Å². The van der Waals surface area contributed by atoms with E-state index in [1.54, 1.807) is 42.5 Å². The van der Waals surface area contributed by atoms with E-state index in [0.29, 0.717) is 39.3 Å². The number of ether oxygens (including phenoxy) is 1. The van der Waals surface area contributed by atoms with Crippen molar-refractivity contribution < 1.29 is 14.3 Å². The molecule has 0 aliphatic carbocycles. The van der Waals surface area contributed by atoms with Crippen molar-refractivity contribution >= 4 is 46.6 Å². The molecule has 1 N–H and O–H groups in total. The number of rotatable bonds is 11. The summed E-state index contributed by atoms with van der Waals surface area (Å²) in [5.74, 6) is 0.0634. The Balaban J connectivity index is 1.95. The van der Waals surface area contributed by atoms with Crippen molar-refractivity contribution in [1.29, 1.82) is 0 Å². The highest BCUT2D eigenvalue weighted by Crippen LogP contribution is 2.27. The first kappa shape index (κ1) is 27.9. The zero-order valence-corrected chi connectivity index (χ0v) is 22.5. The molecule has 1 atom stereocenters. The lowest BCUT2D eigenvalue weighted by Crippen LogP contribution is -2.52. The van der Waals surface area contributed by atoms with E-state index in [2.05, 4.69) is 5.32 Å². The fraction of sp³-hybridized carbons (Fsp3) is 0.286. The Morgan fingerprint density at radius 1 is 0.917 bits per heavy atom. The van der Waals surface area contributed by atoms with E-state index >= 15 is 0 Å². The molecule has 0 fully saturated rings. The van der Waals surface area contributed by atoms with Gasteiger partial charge in [0.05, 0.1) is 0 Å². The maximum atomic E-state index is 13.6. The first-order valence-electron chi connectivity index (χ1n) is 11.7. The highest BCUT2D eigenvalue weighted by atomic mass is 35.5. The minimum atomic E-state index is -0.811. The first-order valence-corrected chi connectivity index (χ1v) is 12.8. The second-order valence-corrected chi connectivity index (χ2v) is 10.1. The molecule has 0 heterocycles. The van der Waals surface area contributed by atoms with Gasteiger partial charge in [0, 0.05) is 40.1 Å². The maximum Gasteiger partial charge on any atom is 0.261 e. The molecular weight excluding hydrogens is 519 g/mol. The third-order valence-electron chi connectivity index (χ3n) is 5.50. The number of hydrogen-bond acceptors (Lipinski definition) is 3. The molecule has 0 unspecified atom stereocenters. The Morgan fingerprint density at radius 3 is 2.22 bits per heavy atom. The number of nitrogens with one attached hydrogen (secondary N) is 1. The van der Waals surface area contributed by atoms with Crippen molar-refractivity contribution in [3.63, 3.8) is 0 Å². The minimum absolute atomic E-state index is 0.0445. The van der Waals surface area contributed by atoms with Crippen molar-refractivity contribution in [3.8, 4) is 5.75 Å². The molecule has 8 heteroatoms. The monoisotopic (exact) mass is 546 g/mol. The Kier molecular flexibility index (Phi) is 10.5. The molecule has 3 aromatic rings. The number of hydrogen-bond donors (Lipinski definition) is 1. The largest absolute Gasteiger partial charge is 0.484 e. The lowest BCUT2D eigenvalue weighted by atomic mass is 10.0. The van der Waals surface area contributed by atoms with Crippen molar-refractivity contribution in [2.24, 2.45) is 5.92 Å². The van der Waals surface area contributed by atoms with Crippen LogP contribution in [0.25, 0.3) is 0 Å². The van der Waals surface area contributed by atoms with Gasteiger partial charge in [-0.25, -0.2) is 0 Å². The van der Waals surface area contributed by atoms with E-state index in [0.717, 1.165) is 5.56 Å². The normalized spacial score (nSPS) is 11.7. The summed E-state index contributed by atoms with van der Waals surface area (Å²) < 4.78 is 5.73. The fourth-order valence-corrected chi connectivity index (χ4v) is 4.31. The second-order valence-electron chi connectivity index (χ2n) is 8.81. The standard InChI is InChI=1S/C28H29Cl3N2O3/c1-19(2)16-32-28(35)26(14-20-8-4-3-5-9-20)33(17-23-24(30)12-7-13-25(23)31)27(34)18-36-22-11-6-10-21(29)15-22/h3-13,15,19,26H,14,16-18H2,1-2H3,(H,32,35)/t26-/m0/s1. The molecule has 0 spiro atoms. The number of amides is 2. The van der Waals surface area contributed by atoms with Crippen LogP contribution in [0, 0.1) is 5.92 Å². The summed E-state index contributed by atoms with van der Waals surface area (Å²) in [5.41, 5.74) is 1.48. The molecular formula is C28H29Cl3N2O3. The third-order valence-corrected chi connectivity index (χ3v) is 6.45. The number of nitrogens with zero attached hydrogens (tertiary/aromatic N) is 1. The van der Waals surface area contributed by atoms with E-state index in [-0.39, 0.29) is 30.9 Å². The number of carbonyl (C=O) groups excluding carboxylic acids is 2. The molecule has 0 saturated carbocycles. The summed E-state index contributed by atoms with van der Waals surface area (Å²) in [6, 6.07) is 20.7. The van der Waals surface area contributed by atoms with Crippen LogP contribution in [-0.4, -0.2) is 35.9 Å². The number of benzene rings is 3. The predicted octanol–water partition coefficient (Wildman–Crippen LogP) is 6.44. The molecule has 3 rings (SSSR count). The summed E-state index contributed by atoms with van der Waals surface area (Å²) in [4.78, 5) is 28.5. The van der Waals surface area contributed by atoms with E-state index in [1.807, 2.05) is 44.2 Å². The highest BCUT2D eigenvalue weighted by Gasteiger charge is 2.31. The second kappa shape index (κ2) is 13.5. The van der Waals surface area contributed by atoms with Crippen LogP contribution in [0.3, 0.4) is 0 Å². The predicted molar refractivity (Wildman–Crippen MR) is 146 cm³/mol. The van der Waals surface area contributed by atoms with Gasteiger partial charge in [-0.1, -0.05) is 91.1 Å². The molecule has 5 nitrogen and oxygen atoms in total. The molecule has 0 radical (unpaired) electrons. The summed E-state index contributed by atoms with van der Waals surface area (Å²) in [5, 5.41) is 4.30. The zero-order valence-electron chi connectivity index (χ0n) is 20.2. The van der Waals surface area contributed by atoms with Gasteiger partial charge in [-0.05, 0) is 41.8 Å². The molecule has 36 heavy (non-hydrogen) atoms. The van der Waals surface area contributed by atoms with Crippen LogP contribution < -0.4 is 10.1 Å². The molecule has 3 aromatic carbocycles. The molecule has 0 bridgehead atoms. The van der Waals surface area contributed by atoms with E-state index < -0.39 is 6.04 Å². The summed E-state index contributed by atoms with van der Waals surface area (Å²) in [7, 11) is 0. The Morgan fingerprint density at radius 2 is 1.58 bits per heavy atom. The maximum absolute atomic E-state index is 13.6. The highest BCUT2D eigenvalue weighted by molar-refractivity contribution is 6.36. The SMILES string of the molecule is CC(C)CNC(=O)[C@H](Cc1ccccc1)N(Cc1c(Cl)cccc1Cl)C(=O)COc1cccc(Cl)c1. The van der Waals surface area contributed by atoms with Crippen molar-refractivity contribution in [1.82, 2.24) is 10.2 Å². The zero-order chi connectivity index (χ0) is 26.1. The molecule has 0 saturated heterocycles. The van der Waals surface area contributed by atoms with Crippen LogP contribution in [0.1, 0.15) is 25.0 Å². The van der Waals surface area contributed by atoms with Gasteiger partial charge >= 0.3 is 0 Å². The van der Waals surface area contributed by atoms with Gasteiger partial charge in [0.1, 0.15) is 11.8 Å². The molecule has 0 aromatic heterocycles. The topological polar surface area (TPSA) is 58.6 Å². The van der Waals surface area contributed by atoms with Gasteiger partial charge in [0.2, 0.25) is 5.91 Å². The van der Waals surface area contributed by atoms with Crippen LogP contribution >= 0.6 is 34.8 Å². The van der Waals surface area contributed by atoms with Crippen LogP contribution in [0.2, 0.25) is 15.1 Å². The van der Waals surface area contributed by atoms with E-state index in [4.69, 9.17) is 39.5 Å². The molecule has 0 aliphatic rings. The molecule has 0 aliphatic heterocycles. The first-order chi connectivity index (χ1) is 17.2. The van der Waals surface area contributed by atoms with Crippen molar-refractivity contribution in [2.75, 3.05) is 13.2 Å². The minimum Gasteiger partial charge on any atom is -0.484 e. The van der Waals surface area contributed by atoms with Crippen LogP contribution in [-0.2, 0) is 22.6 Å². The van der Waals surface area contributed by atoms with Gasteiger partial charge in [-0.3, -0.25) is 9.59 Å². The average molecular weight is 548 g/mol. The fourth-order valence-electron chi connectivity index (χ4n) is 3.61. The van der Waals surface area contributed by atoms with Crippen molar-refractivity contribution in [2.45, 2.75) is 32.9 Å². The number of carbonyl (C=O) groups is 2. The lowest BCUT2D eigenvalue weighted by molar-refractivity contribution is -0.142. The summed E-state index contributed by atoms with van der Waals surface area (Å²) in [6.45, 7) is 4.27. The van der Waals surface area contributed by atoms with Crippen LogP contribution in [0.5, 0.6) is 5.75 Å². The summed E-state index contributed by atoms with van der Waals surface area (Å²) >= 11 is 18.9. The van der Waals surface area contributed by atoms with Gasteiger partial charge in [0.15, 0.2) is 6.61 Å². The van der Waals surface area contributed by atoms with E-state index in [9.17, 15) is 9.59 Å². The Hall–Kier alpha value is -2.73. The van der Waals surface area contributed by atoms with Crippen molar-refractivity contribution in [3.05, 3.63) is 99.0 Å². The summed E-state index contributed by atoms with van der Waals surface area (Å²) in [6.07, 6.45) is 0.315. The van der Waals surface area contributed by atoms with Gasteiger partial charge in [-0.2, -0.15) is 0 Å². The van der Waals surface area contributed by atoms with Gasteiger partial charge < -0.3 is 15.0 Å². The molecule has 2 amide bonds. The van der Waals surface area contributed by atoms with Gasteiger partial charge in [0.25, 0.3) is 5.91 Å².